The second-order valence-electron chi connectivity index (χ2n) is 2.04. The van der Waals surface area contributed by atoms with Crippen LogP contribution >= 0.6 is 0 Å². The van der Waals surface area contributed by atoms with Gasteiger partial charge in [-0.3, -0.25) is 9.79 Å². The van der Waals surface area contributed by atoms with E-state index >= 15 is 0 Å². The Bertz CT molecular complexity index is 333. The van der Waals surface area contributed by atoms with Crippen LogP contribution < -0.4 is 11.2 Å². The molecule has 3 heteroatoms. The summed E-state index contributed by atoms with van der Waals surface area (Å²) in [7, 11) is 0. The Balaban J connectivity index is 3.54. The lowest BCUT2D eigenvalue weighted by Crippen LogP contribution is -2.02. The second kappa shape index (κ2) is 2.96. The second-order valence-corrected chi connectivity index (χ2v) is 2.04. The summed E-state index contributed by atoms with van der Waals surface area (Å²) < 4.78 is 0. The van der Waals surface area contributed by atoms with Crippen LogP contribution in [-0.4, -0.2) is 6.72 Å². The number of nitrogens with two attached hydrogens (primary N) is 1. The van der Waals surface area contributed by atoms with E-state index in [2.05, 4.69) is 11.7 Å². The molecule has 0 radical (unpaired) electrons. The average Bonchev–Trinajstić information content (AvgIpc) is 2.16. The summed E-state index contributed by atoms with van der Waals surface area (Å²) in [5, 5.41) is 0. The van der Waals surface area contributed by atoms with E-state index in [1.807, 2.05) is 0 Å². The van der Waals surface area contributed by atoms with E-state index in [1.54, 1.807) is 18.2 Å². The average molecular weight is 148 g/mol. The van der Waals surface area contributed by atoms with Gasteiger partial charge in [-0.1, -0.05) is 12.1 Å². The van der Waals surface area contributed by atoms with Gasteiger partial charge in [-0.2, -0.15) is 0 Å². The van der Waals surface area contributed by atoms with Crippen LogP contribution in [0.5, 0.6) is 0 Å². The molecule has 0 saturated heterocycles. The third kappa shape index (κ3) is 1.43. The van der Waals surface area contributed by atoms with Gasteiger partial charge < -0.3 is 5.73 Å². The highest BCUT2D eigenvalue weighted by molar-refractivity contribution is 5.63. The van der Waals surface area contributed by atoms with Gasteiger partial charge in [0.05, 0.1) is 5.69 Å². The van der Waals surface area contributed by atoms with Crippen LogP contribution in [0, 0.1) is 0 Å². The first-order valence-corrected chi connectivity index (χ1v) is 3.11. The van der Waals surface area contributed by atoms with Gasteiger partial charge in [0.2, 0.25) is 5.43 Å². The largest absolute Gasteiger partial charge is 0.394 e. The van der Waals surface area contributed by atoms with Crippen molar-refractivity contribution in [3.05, 3.63) is 34.5 Å². The van der Waals surface area contributed by atoms with Gasteiger partial charge >= 0.3 is 0 Å². The SMILES string of the molecule is C=Nc1ccccc(=O)c1N. The number of hydrogen-bond donors (Lipinski definition) is 1. The summed E-state index contributed by atoms with van der Waals surface area (Å²) in [6.07, 6.45) is 0. The van der Waals surface area contributed by atoms with Crippen molar-refractivity contribution in [2.75, 3.05) is 5.73 Å². The molecule has 0 fully saturated rings. The molecule has 0 saturated carbocycles. The molecular weight excluding hydrogens is 140 g/mol. The van der Waals surface area contributed by atoms with Gasteiger partial charge in [0.1, 0.15) is 5.69 Å². The molecule has 0 aliphatic heterocycles. The maximum atomic E-state index is 11.0. The van der Waals surface area contributed by atoms with E-state index in [1.165, 1.54) is 6.07 Å². The maximum Gasteiger partial charge on any atom is 0.203 e. The Morgan fingerprint density at radius 2 is 2.00 bits per heavy atom. The molecule has 0 spiro atoms. The first-order chi connectivity index (χ1) is 5.25. The normalized spacial score (nSPS) is 9.09. The topological polar surface area (TPSA) is 55.5 Å². The van der Waals surface area contributed by atoms with Crippen molar-refractivity contribution in [2.24, 2.45) is 4.99 Å². The summed E-state index contributed by atoms with van der Waals surface area (Å²) >= 11 is 0. The van der Waals surface area contributed by atoms with Crippen molar-refractivity contribution >= 4 is 18.1 Å². The van der Waals surface area contributed by atoms with E-state index in [-0.39, 0.29) is 11.1 Å². The van der Waals surface area contributed by atoms with E-state index in [0.29, 0.717) is 5.69 Å². The molecule has 2 N–H and O–H groups in total. The van der Waals surface area contributed by atoms with Gasteiger partial charge in [-0.15, -0.1) is 0 Å². The molecule has 11 heavy (non-hydrogen) atoms. The summed E-state index contributed by atoms with van der Waals surface area (Å²) in [6.45, 7) is 3.29. The van der Waals surface area contributed by atoms with Gasteiger partial charge in [0.15, 0.2) is 0 Å². The van der Waals surface area contributed by atoms with E-state index in [4.69, 9.17) is 5.73 Å². The quantitative estimate of drug-likeness (QED) is 0.603. The summed E-state index contributed by atoms with van der Waals surface area (Å²) in [5.74, 6) is 0. The Kier molecular flexibility index (Phi) is 2.01. The molecule has 0 aliphatic carbocycles. The molecule has 0 bridgehead atoms. The fourth-order valence-corrected chi connectivity index (χ4v) is 0.733. The Hall–Kier alpha value is -1.64. The van der Waals surface area contributed by atoms with Gasteiger partial charge in [-0.25, -0.2) is 0 Å². The minimum Gasteiger partial charge on any atom is -0.394 e. The fourth-order valence-electron chi connectivity index (χ4n) is 0.733. The van der Waals surface area contributed by atoms with Crippen LogP contribution in [-0.2, 0) is 0 Å². The van der Waals surface area contributed by atoms with Crippen molar-refractivity contribution in [1.29, 1.82) is 0 Å². The third-order valence-corrected chi connectivity index (χ3v) is 1.32. The molecule has 0 heterocycles. The fraction of sp³-hybridized carbons (Fsp3) is 0. The van der Waals surface area contributed by atoms with E-state index in [9.17, 15) is 4.79 Å². The summed E-state index contributed by atoms with van der Waals surface area (Å²) in [5.41, 5.74) is 5.78. The lowest BCUT2D eigenvalue weighted by Gasteiger charge is -1.88. The minimum absolute atomic E-state index is 0.144. The maximum absolute atomic E-state index is 11.0. The zero-order valence-corrected chi connectivity index (χ0v) is 5.95. The van der Waals surface area contributed by atoms with E-state index < -0.39 is 0 Å². The smallest absolute Gasteiger partial charge is 0.203 e. The highest BCUT2D eigenvalue weighted by Gasteiger charge is 1.95. The monoisotopic (exact) mass is 148 g/mol. The lowest BCUT2D eigenvalue weighted by atomic mass is 10.4. The molecule has 0 atom stereocenters. The number of anilines is 1. The van der Waals surface area contributed by atoms with Crippen molar-refractivity contribution in [3.63, 3.8) is 0 Å². The molecule has 1 rings (SSSR count). The predicted octanol–water partition coefficient (Wildman–Crippen LogP) is 0.961. The molecule has 0 unspecified atom stereocenters. The predicted molar refractivity (Wildman–Crippen MR) is 46.3 cm³/mol. The number of nitrogen functional groups attached to an aromatic ring is 1. The summed E-state index contributed by atoms with van der Waals surface area (Å²) in [4.78, 5) is 14.6. The molecule has 0 amide bonds. The molecule has 56 valence electrons. The summed E-state index contributed by atoms with van der Waals surface area (Å²) in [6, 6.07) is 6.35. The Labute approximate surface area is 64.2 Å². The van der Waals surface area contributed by atoms with Crippen molar-refractivity contribution in [3.8, 4) is 0 Å². The zero-order valence-electron chi connectivity index (χ0n) is 5.95. The number of rotatable bonds is 1. The Morgan fingerprint density at radius 3 is 2.64 bits per heavy atom. The van der Waals surface area contributed by atoms with Crippen LogP contribution in [0.15, 0.2) is 34.1 Å². The molecule has 1 aromatic rings. The number of aliphatic imine (C=N–C) groups is 1. The standard InChI is InChI=1S/C8H8N2O/c1-10-6-4-2-3-5-7(11)8(6)9/h2-5H,1H2,(H2,9,11). The van der Waals surface area contributed by atoms with Crippen molar-refractivity contribution < 1.29 is 0 Å². The van der Waals surface area contributed by atoms with Crippen molar-refractivity contribution in [1.82, 2.24) is 0 Å². The van der Waals surface area contributed by atoms with Gasteiger partial charge in [0, 0.05) is 0 Å². The zero-order chi connectivity index (χ0) is 8.27. The minimum atomic E-state index is -0.225. The molecule has 1 aromatic carbocycles. The van der Waals surface area contributed by atoms with Crippen LogP contribution in [0.1, 0.15) is 0 Å². The number of hydrogen-bond acceptors (Lipinski definition) is 3. The van der Waals surface area contributed by atoms with Crippen LogP contribution in [0.25, 0.3) is 0 Å². The van der Waals surface area contributed by atoms with E-state index in [0.717, 1.165) is 0 Å². The number of nitrogens with zero attached hydrogens (tertiary/aromatic N) is 1. The molecular formula is C8H8N2O. The highest BCUT2D eigenvalue weighted by Crippen LogP contribution is 2.13. The Morgan fingerprint density at radius 1 is 1.36 bits per heavy atom. The lowest BCUT2D eigenvalue weighted by molar-refractivity contribution is 1.55. The van der Waals surface area contributed by atoms with Crippen LogP contribution in [0.4, 0.5) is 11.4 Å². The first kappa shape index (κ1) is 7.47. The van der Waals surface area contributed by atoms with Gasteiger partial charge in [-0.05, 0) is 18.9 Å². The van der Waals surface area contributed by atoms with Crippen molar-refractivity contribution in [2.45, 2.75) is 0 Å². The molecule has 0 aliphatic rings. The molecule has 3 nitrogen and oxygen atoms in total. The highest BCUT2D eigenvalue weighted by atomic mass is 16.1. The van der Waals surface area contributed by atoms with Gasteiger partial charge in [0.25, 0.3) is 0 Å². The molecule has 0 aromatic heterocycles. The third-order valence-electron chi connectivity index (χ3n) is 1.32. The van der Waals surface area contributed by atoms with Crippen LogP contribution in [0.3, 0.4) is 0 Å². The first-order valence-electron chi connectivity index (χ1n) is 3.11. The van der Waals surface area contributed by atoms with Crippen LogP contribution in [0.2, 0.25) is 0 Å².